The Labute approximate surface area is 112 Å². The largest absolute Gasteiger partial charge is 0.330 e. The second-order valence-corrected chi connectivity index (χ2v) is 6.67. The maximum atomic E-state index is 6.14. The number of aryl methyl sites for hydroxylation is 1. The van der Waals surface area contributed by atoms with E-state index in [1.807, 2.05) is 0 Å². The summed E-state index contributed by atoms with van der Waals surface area (Å²) in [6, 6.07) is 6.59. The molecule has 3 rings (SSSR count). The average Bonchev–Trinajstić information content (AvgIpc) is 2.79. The van der Waals surface area contributed by atoms with E-state index in [1.165, 1.54) is 47.9 Å². The summed E-state index contributed by atoms with van der Waals surface area (Å²) in [5.41, 5.74) is 8.92. The Morgan fingerprint density at radius 2 is 2.06 bits per heavy atom. The summed E-state index contributed by atoms with van der Waals surface area (Å²) in [6.07, 6.45) is 6.40. The molecule has 1 aliphatic carbocycles. The Hall–Kier alpha value is -0.930. The Bertz CT molecular complexity index is 553. The number of para-hydroxylation sites is 1. The summed E-state index contributed by atoms with van der Waals surface area (Å²) in [6.45, 7) is 2.84. The van der Waals surface area contributed by atoms with Gasteiger partial charge in [-0.3, -0.25) is 0 Å². The molecule has 0 atom stereocenters. The number of nitrogens with two attached hydrogens (primary N) is 1. The lowest BCUT2D eigenvalue weighted by atomic mass is 9.69. The first-order valence-electron chi connectivity index (χ1n) is 6.82. The minimum absolute atomic E-state index is 0.179. The predicted octanol–water partition coefficient (Wildman–Crippen LogP) is 3.77. The molecule has 0 amide bonds. The number of hydrogen-bond acceptors (Lipinski definition) is 3. The highest BCUT2D eigenvalue weighted by Crippen LogP contribution is 2.42. The highest BCUT2D eigenvalue weighted by atomic mass is 32.1. The van der Waals surface area contributed by atoms with Crippen LogP contribution in [0.4, 0.5) is 0 Å². The van der Waals surface area contributed by atoms with Crippen LogP contribution in [-0.2, 0) is 5.41 Å². The fraction of sp³-hybridized carbons (Fsp3) is 0.533. The summed E-state index contributed by atoms with van der Waals surface area (Å²) in [7, 11) is 0. The number of nitrogens with zero attached hydrogens (tertiary/aromatic N) is 1. The smallest absolute Gasteiger partial charge is 0.0907 e. The number of fused-ring (bicyclic) bond motifs is 1. The lowest BCUT2D eigenvalue weighted by molar-refractivity contribution is 0.302. The molecule has 1 aromatic carbocycles. The molecule has 1 aromatic heterocycles. The van der Waals surface area contributed by atoms with Crippen LogP contribution in [0.3, 0.4) is 0 Å². The third kappa shape index (κ3) is 1.86. The van der Waals surface area contributed by atoms with Crippen molar-refractivity contribution in [2.75, 3.05) is 6.54 Å². The van der Waals surface area contributed by atoms with Gasteiger partial charge in [0.2, 0.25) is 0 Å². The topological polar surface area (TPSA) is 38.9 Å². The van der Waals surface area contributed by atoms with Crippen molar-refractivity contribution in [2.24, 2.45) is 5.73 Å². The molecule has 0 saturated heterocycles. The highest BCUT2D eigenvalue weighted by molar-refractivity contribution is 7.18. The normalized spacial score (nSPS) is 19.2. The molecule has 0 bridgehead atoms. The van der Waals surface area contributed by atoms with Crippen LogP contribution in [0.5, 0.6) is 0 Å². The number of hydrogen-bond donors (Lipinski definition) is 1. The quantitative estimate of drug-likeness (QED) is 0.892. The van der Waals surface area contributed by atoms with Crippen molar-refractivity contribution in [3.05, 3.63) is 28.8 Å². The summed E-state index contributed by atoms with van der Waals surface area (Å²) >= 11 is 1.79. The van der Waals surface area contributed by atoms with Gasteiger partial charge in [-0.2, -0.15) is 0 Å². The van der Waals surface area contributed by atoms with Gasteiger partial charge < -0.3 is 5.73 Å². The van der Waals surface area contributed by atoms with E-state index < -0.39 is 0 Å². The van der Waals surface area contributed by atoms with Gasteiger partial charge in [-0.15, -0.1) is 11.3 Å². The molecule has 1 fully saturated rings. The highest BCUT2D eigenvalue weighted by Gasteiger charge is 2.34. The SMILES string of the molecule is Cc1nc2c(C3(CN)CCCCC3)cccc2s1. The third-order valence-electron chi connectivity index (χ3n) is 4.30. The average molecular weight is 260 g/mol. The standard InChI is InChI=1S/C15H20N2S/c1-11-17-14-12(6-5-7-13(14)18-11)15(10-16)8-3-2-4-9-15/h5-7H,2-4,8-10,16H2,1H3. The maximum absolute atomic E-state index is 6.14. The zero-order valence-electron chi connectivity index (χ0n) is 10.9. The Morgan fingerprint density at radius 1 is 1.28 bits per heavy atom. The molecule has 96 valence electrons. The molecule has 2 aromatic rings. The van der Waals surface area contributed by atoms with Gasteiger partial charge in [0.25, 0.3) is 0 Å². The minimum atomic E-state index is 0.179. The molecule has 0 aliphatic heterocycles. The molecule has 1 aliphatic rings. The molecule has 3 heteroatoms. The first kappa shape index (κ1) is 12.1. The van der Waals surface area contributed by atoms with Crippen LogP contribution in [0, 0.1) is 6.92 Å². The van der Waals surface area contributed by atoms with E-state index in [2.05, 4.69) is 25.1 Å². The van der Waals surface area contributed by atoms with Crippen molar-refractivity contribution in [3.8, 4) is 0 Å². The first-order chi connectivity index (χ1) is 8.75. The monoisotopic (exact) mass is 260 g/mol. The number of aromatic nitrogens is 1. The van der Waals surface area contributed by atoms with Gasteiger partial charge >= 0.3 is 0 Å². The predicted molar refractivity (Wildman–Crippen MR) is 78.2 cm³/mol. The van der Waals surface area contributed by atoms with Crippen LogP contribution in [0.25, 0.3) is 10.2 Å². The molecular formula is C15H20N2S. The summed E-state index contributed by atoms with van der Waals surface area (Å²) in [4.78, 5) is 4.74. The van der Waals surface area contributed by atoms with Gasteiger partial charge in [-0.1, -0.05) is 31.4 Å². The first-order valence-corrected chi connectivity index (χ1v) is 7.63. The molecule has 18 heavy (non-hydrogen) atoms. The third-order valence-corrected chi connectivity index (χ3v) is 5.23. The van der Waals surface area contributed by atoms with Crippen molar-refractivity contribution < 1.29 is 0 Å². The van der Waals surface area contributed by atoms with Crippen LogP contribution in [-0.4, -0.2) is 11.5 Å². The Kier molecular flexibility index (Phi) is 3.12. The van der Waals surface area contributed by atoms with Crippen LogP contribution in [0.2, 0.25) is 0 Å². The molecule has 2 N–H and O–H groups in total. The van der Waals surface area contributed by atoms with Gasteiger partial charge in [-0.25, -0.2) is 4.98 Å². The van der Waals surface area contributed by atoms with Crippen LogP contribution >= 0.6 is 11.3 Å². The molecule has 1 saturated carbocycles. The molecule has 0 unspecified atom stereocenters. The van der Waals surface area contributed by atoms with Crippen LogP contribution in [0.15, 0.2) is 18.2 Å². The summed E-state index contributed by atoms with van der Waals surface area (Å²) < 4.78 is 1.31. The second-order valence-electron chi connectivity index (χ2n) is 5.43. The zero-order valence-corrected chi connectivity index (χ0v) is 11.7. The zero-order chi connectivity index (χ0) is 12.6. The molecule has 1 heterocycles. The van der Waals surface area contributed by atoms with Crippen molar-refractivity contribution in [2.45, 2.75) is 44.4 Å². The maximum Gasteiger partial charge on any atom is 0.0907 e. The van der Waals surface area contributed by atoms with Crippen LogP contribution in [0.1, 0.15) is 42.7 Å². The lowest BCUT2D eigenvalue weighted by Gasteiger charge is -2.37. The van der Waals surface area contributed by atoms with Gasteiger partial charge in [0, 0.05) is 12.0 Å². The Morgan fingerprint density at radius 3 is 2.78 bits per heavy atom. The summed E-state index contributed by atoms with van der Waals surface area (Å²) in [5, 5.41) is 1.15. The molecular weight excluding hydrogens is 240 g/mol. The van der Waals surface area contributed by atoms with Crippen molar-refractivity contribution in [3.63, 3.8) is 0 Å². The van der Waals surface area contributed by atoms with E-state index in [0.29, 0.717) is 0 Å². The van der Waals surface area contributed by atoms with Gasteiger partial charge in [-0.05, 0) is 31.4 Å². The minimum Gasteiger partial charge on any atom is -0.330 e. The molecule has 2 nitrogen and oxygen atoms in total. The van der Waals surface area contributed by atoms with Crippen molar-refractivity contribution >= 4 is 21.6 Å². The van der Waals surface area contributed by atoms with E-state index in [9.17, 15) is 0 Å². The number of rotatable bonds is 2. The van der Waals surface area contributed by atoms with E-state index in [1.54, 1.807) is 11.3 Å². The van der Waals surface area contributed by atoms with E-state index in [0.717, 1.165) is 11.6 Å². The number of thiazole rings is 1. The van der Waals surface area contributed by atoms with E-state index in [-0.39, 0.29) is 5.41 Å². The van der Waals surface area contributed by atoms with Gasteiger partial charge in [0.1, 0.15) is 0 Å². The molecule has 0 spiro atoms. The summed E-state index contributed by atoms with van der Waals surface area (Å²) in [5.74, 6) is 0. The van der Waals surface area contributed by atoms with Crippen LogP contribution < -0.4 is 5.73 Å². The number of benzene rings is 1. The molecule has 0 radical (unpaired) electrons. The van der Waals surface area contributed by atoms with E-state index >= 15 is 0 Å². The fourth-order valence-corrected chi connectivity index (χ4v) is 4.15. The van der Waals surface area contributed by atoms with Crippen molar-refractivity contribution in [1.82, 2.24) is 4.98 Å². The second kappa shape index (κ2) is 4.63. The van der Waals surface area contributed by atoms with Gasteiger partial charge in [0.15, 0.2) is 0 Å². The fourth-order valence-electron chi connectivity index (χ4n) is 3.30. The van der Waals surface area contributed by atoms with Gasteiger partial charge in [0.05, 0.1) is 15.2 Å². The Balaban J connectivity index is 2.16. The lowest BCUT2D eigenvalue weighted by Crippen LogP contribution is -2.37. The van der Waals surface area contributed by atoms with E-state index in [4.69, 9.17) is 10.7 Å². The van der Waals surface area contributed by atoms with Crippen molar-refractivity contribution in [1.29, 1.82) is 0 Å².